The van der Waals surface area contributed by atoms with E-state index < -0.39 is 10.0 Å². The van der Waals surface area contributed by atoms with Crippen molar-refractivity contribution < 1.29 is 22.7 Å². The van der Waals surface area contributed by atoms with Gasteiger partial charge in [0.2, 0.25) is 10.0 Å². The van der Waals surface area contributed by atoms with E-state index in [2.05, 4.69) is 0 Å². The number of nitrogens with zero attached hydrogens (tertiary/aromatic N) is 2. The summed E-state index contributed by atoms with van der Waals surface area (Å²) in [5, 5.41) is 0.156. The fourth-order valence-electron chi connectivity index (χ4n) is 3.66. The standard InChI is InChI=1S/C21H23ClN2O5S/c22-17-14-16(30(26,27)23-10-4-1-5-11-23)8-9-19(17)29-15-21(25)24-12-13-28-20-7-3-2-6-18(20)24/h2-3,6-9,14H,1,4-5,10-13,15H2. The van der Waals surface area contributed by atoms with Crippen LogP contribution in [-0.2, 0) is 14.8 Å². The minimum atomic E-state index is -3.58. The minimum absolute atomic E-state index is 0.134. The van der Waals surface area contributed by atoms with E-state index in [1.54, 1.807) is 4.90 Å². The van der Waals surface area contributed by atoms with Crippen LogP contribution in [0.4, 0.5) is 5.69 Å². The third-order valence-electron chi connectivity index (χ3n) is 5.24. The highest BCUT2D eigenvalue weighted by Crippen LogP contribution is 2.32. The number of sulfonamides is 1. The number of anilines is 1. The fraction of sp³-hybridized carbons (Fsp3) is 0.381. The van der Waals surface area contributed by atoms with Crippen LogP contribution in [0.2, 0.25) is 5.02 Å². The summed E-state index contributed by atoms with van der Waals surface area (Å²) >= 11 is 6.27. The molecule has 9 heteroatoms. The monoisotopic (exact) mass is 450 g/mol. The molecule has 2 heterocycles. The highest BCUT2D eigenvalue weighted by Gasteiger charge is 2.27. The summed E-state index contributed by atoms with van der Waals surface area (Å²) in [4.78, 5) is 14.4. The van der Waals surface area contributed by atoms with Gasteiger partial charge < -0.3 is 14.4 Å². The van der Waals surface area contributed by atoms with E-state index in [0.29, 0.717) is 37.7 Å². The number of hydrogen-bond acceptors (Lipinski definition) is 5. The second kappa shape index (κ2) is 8.83. The van der Waals surface area contributed by atoms with Crippen molar-refractivity contribution >= 4 is 33.2 Å². The Morgan fingerprint density at radius 3 is 2.60 bits per heavy atom. The van der Waals surface area contributed by atoms with Crippen LogP contribution in [0.3, 0.4) is 0 Å². The van der Waals surface area contributed by atoms with Crippen LogP contribution < -0.4 is 14.4 Å². The lowest BCUT2D eigenvalue weighted by molar-refractivity contribution is -0.120. The molecule has 0 saturated carbocycles. The first-order valence-electron chi connectivity index (χ1n) is 9.91. The summed E-state index contributed by atoms with van der Waals surface area (Å²) in [6.07, 6.45) is 2.77. The molecule has 2 aromatic rings. The van der Waals surface area contributed by atoms with Gasteiger partial charge in [0, 0.05) is 13.1 Å². The van der Waals surface area contributed by atoms with Crippen LogP contribution >= 0.6 is 11.6 Å². The second-order valence-corrected chi connectivity index (χ2v) is 9.55. The molecular formula is C21H23ClN2O5S. The highest BCUT2D eigenvalue weighted by atomic mass is 35.5. The zero-order valence-electron chi connectivity index (χ0n) is 16.4. The molecule has 1 amide bonds. The number of rotatable bonds is 5. The van der Waals surface area contributed by atoms with Gasteiger partial charge in [-0.05, 0) is 43.2 Å². The van der Waals surface area contributed by atoms with E-state index in [4.69, 9.17) is 21.1 Å². The van der Waals surface area contributed by atoms with Crippen LogP contribution in [0, 0.1) is 0 Å². The van der Waals surface area contributed by atoms with E-state index in [1.807, 2.05) is 24.3 Å². The molecule has 0 bridgehead atoms. The highest BCUT2D eigenvalue weighted by molar-refractivity contribution is 7.89. The molecule has 0 atom stereocenters. The van der Waals surface area contributed by atoms with Gasteiger partial charge >= 0.3 is 0 Å². The second-order valence-electron chi connectivity index (χ2n) is 7.21. The Kier molecular flexibility index (Phi) is 6.17. The Hall–Kier alpha value is -2.29. The summed E-state index contributed by atoms with van der Waals surface area (Å²) in [5.74, 6) is 0.693. The molecule has 0 aromatic heterocycles. The van der Waals surface area contributed by atoms with Crippen molar-refractivity contribution in [1.29, 1.82) is 0 Å². The number of carbonyl (C=O) groups excluding carboxylic acids is 1. The summed E-state index contributed by atoms with van der Waals surface area (Å²) in [6.45, 7) is 1.67. The lowest BCUT2D eigenvalue weighted by Gasteiger charge is -2.29. The predicted octanol–water partition coefficient (Wildman–Crippen LogP) is 3.32. The number of piperidine rings is 1. The van der Waals surface area contributed by atoms with Crippen LogP contribution in [0.1, 0.15) is 19.3 Å². The van der Waals surface area contributed by atoms with Gasteiger partial charge in [0.05, 0.1) is 22.2 Å². The number of fused-ring (bicyclic) bond motifs is 1. The SMILES string of the molecule is O=C(COc1ccc(S(=O)(=O)N2CCCCC2)cc1Cl)N1CCOc2ccccc21. The zero-order chi connectivity index (χ0) is 21.1. The van der Waals surface area contributed by atoms with Crippen molar-refractivity contribution in [2.24, 2.45) is 0 Å². The maximum absolute atomic E-state index is 12.8. The maximum Gasteiger partial charge on any atom is 0.265 e. The van der Waals surface area contributed by atoms with Gasteiger partial charge in [-0.1, -0.05) is 30.2 Å². The van der Waals surface area contributed by atoms with Gasteiger partial charge in [-0.2, -0.15) is 4.31 Å². The van der Waals surface area contributed by atoms with E-state index in [1.165, 1.54) is 22.5 Å². The average Bonchev–Trinajstić information content (AvgIpc) is 2.78. The Bertz CT molecular complexity index is 1040. The number of amides is 1. The molecule has 0 N–H and O–H groups in total. The Labute approximate surface area is 181 Å². The van der Waals surface area contributed by atoms with Gasteiger partial charge in [-0.25, -0.2) is 8.42 Å². The molecule has 0 unspecified atom stereocenters. The topological polar surface area (TPSA) is 76.2 Å². The number of ether oxygens (including phenoxy) is 2. The van der Waals surface area contributed by atoms with E-state index in [-0.39, 0.29) is 28.2 Å². The molecule has 160 valence electrons. The lowest BCUT2D eigenvalue weighted by Crippen LogP contribution is -2.40. The molecule has 2 aromatic carbocycles. The number of hydrogen-bond donors (Lipinski definition) is 0. The smallest absolute Gasteiger partial charge is 0.265 e. The molecule has 2 aliphatic heterocycles. The van der Waals surface area contributed by atoms with Gasteiger partial charge in [-0.15, -0.1) is 0 Å². The molecule has 0 spiro atoms. The van der Waals surface area contributed by atoms with Crippen molar-refractivity contribution in [3.05, 3.63) is 47.5 Å². The quantitative estimate of drug-likeness (QED) is 0.698. The number of benzene rings is 2. The van der Waals surface area contributed by atoms with Gasteiger partial charge in [0.15, 0.2) is 6.61 Å². The molecule has 7 nitrogen and oxygen atoms in total. The number of para-hydroxylation sites is 2. The van der Waals surface area contributed by atoms with Crippen LogP contribution in [0.5, 0.6) is 11.5 Å². The third kappa shape index (κ3) is 4.26. The number of carbonyl (C=O) groups is 1. The molecule has 2 aliphatic rings. The fourth-order valence-corrected chi connectivity index (χ4v) is 5.50. The first kappa shape index (κ1) is 21.0. The number of halogens is 1. The summed E-state index contributed by atoms with van der Waals surface area (Å²) in [7, 11) is -3.58. The molecule has 1 fully saturated rings. The van der Waals surface area contributed by atoms with Crippen molar-refractivity contribution in [1.82, 2.24) is 4.31 Å². The largest absolute Gasteiger partial charge is 0.490 e. The molecular weight excluding hydrogens is 428 g/mol. The minimum Gasteiger partial charge on any atom is -0.490 e. The lowest BCUT2D eigenvalue weighted by atomic mass is 10.2. The summed E-state index contributed by atoms with van der Waals surface area (Å²) in [5.41, 5.74) is 0.700. The molecule has 1 saturated heterocycles. The first-order chi connectivity index (χ1) is 14.5. The molecule has 4 rings (SSSR count). The maximum atomic E-state index is 12.8. The third-order valence-corrected chi connectivity index (χ3v) is 7.43. The molecule has 0 radical (unpaired) electrons. The van der Waals surface area contributed by atoms with Gasteiger partial charge in [0.25, 0.3) is 5.91 Å². The normalized spacial score (nSPS) is 17.2. The summed E-state index contributed by atoms with van der Waals surface area (Å²) in [6, 6.07) is 11.7. The Balaban J connectivity index is 1.44. The van der Waals surface area contributed by atoms with Gasteiger partial charge in [0.1, 0.15) is 18.1 Å². The van der Waals surface area contributed by atoms with Crippen molar-refractivity contribution in [3.8, 4) is 11.5 Å². The predicted molar refractivity (Wildman–Crippen MR) is 114 cm³/mol. The van der Waals surface area contributed by atoms with E-state index in [0.717, 1.165) is 19.3 Å². The average molecular weight is 451 g/mol. The Morgan fingerprint density at radius 1 is 1.07 bits per heavy atom. The van der Waals surface area contributed by atoms with E-state index >= 15 is 0 Å². The molecule has 30 heavy (non-hydrogen) atoms. The molecule has 0 aliphatic carbocycles. The van der Waals surface area contributed by atoms with Gasteiger partial charge in [-0.3, -0.25) is 4.79 Å². The van der Waals surface area contributed by atoms with E-state index in [9.17, 15) is 13.2 Å². The van der Waals surface area contributed by atoms with Crippen LogP contribution in [0.25, 0.3) is 0 Å². The zero-order valence-corrected chi connectivity index (χ0v) is 18.0. The van der Waals surface area contributed by atoms with Crippen LogP contribution in [0.15, 0.2) is 47.4 Å². The first-order valence-corrected chi connectivity index (χ1v) is 11.7. The Morgan fingerprint density at radius 2 is 1.83 bits per heavy atom. The van der Waals surface area contributed by atoms with Crippen LogP contribution in [-0.4, -0.2) is 51.5 Å². The van der Waals surface area contributed by atoms with Crippen molar-refractivity contribution in [2.45, 2.75) is 24.2 Å². The van der Waals surface area contributed by atoms with Crippen molar-refractivity contribution in [3.63, 3.8) is 0 Å². The van der Waals surface area contributed by atoms with Crippen molar-refractivity contribution in [2.75, 3.05) is 37.7 Å². The summed E-state index contributed by atoms with van der Waals surface area (Å²) < 4.78 is 38.2.